The molecule has 2 saturated heterocycles. The minimum Gasteiger partial charge on any atom is -0.507 e. The molecule has 0 saturated carbocycles. The van der Waals surface area contributed by atoms with E-state index < -0.39 is 125 Å². The van der Waals surface area contributed by atoms with Gasteiger partial charge >= 0.3 is 0 Å². The van der Waals surface area contributed by atoms with Crippen LogP contribution in [-0.2, 0) is 9.47 Å². The van der Waals surface area contributed by atoms with Crippen LogP contribution in [0.15, 0.2) is 33.5 Å². The Hall–Kier alpha value is -3.55. The number of ether oxygens (including phenoxy) is 2. The highest BCUT2D eigenvalue weighted by atomic mass is 16.6. The van der Waals surface area contributed by atoms with Gasteiger partial charge in [0.05, 0.1) is 24.3 Å². The van der Waals surface area contributed by atoms with Crippen LogP contribution < -0.4 is 5.43 Å². The first kappa shape index (κ1) is 30.9. The van der Waals surface area contributed by atoms with Crippen molar-refractivity contribution in [3.63, 3.8) is 0 Å². The van der Waals surface area contributed by atoms with Crippen molar-refractivity contribution >= 4 is 11.0 Å². The summed E-state index contributed by atoms with van der Waals surface area (Å²) in [5.41, 5.74) is -2.97. The molecule has 3 heterocycles. The van der Waals surface area contributed by atoms with Gasteiger partial charge in [0.25, 0.3) is 0 Å². The molecule has 16 nitrogen and oxygen atoms in total. The number of fused-ring (bicyclic) bond motifs is 1. The smallest absolute Gasteiger partial charge is 0.197 e. The van der Waals surface area contributed by atoms with E-state index in [1.807, 2.05) is 0 Å². The van der Waals surface area contributed by atoms with Crippen molar-refractivity contribution in [1.29, 1.82) is 0 Å². The number of phenolic OH excluding ortho intramolecular Hbond substituents is 4. The van der Waals surface area contributed by atoms with E-state index >= 15 is 0 Å². The molecule has 3 aromatic rings. The van der Waals surface area contributed by atoms with E-state index in [9.17, 15) is 66.1 Å². The van der Waals surface area contributed by atoms with Gasteiger partial charge in [-0.1, -0.05) is 0 Å². The van der Waals surface area contributed by atoms with Crippen molar-refractivity contribution < 1.29 is 75.2 Å². The van der Waals surface area contributed by atoms with E-state index in [1.165, 1.54) is 6.07 Å². The first-order valence-corrected chi connectivity index (χ1v) is 13.0. The van der Waals surface area contributed by atoms with Gasteiger partial charge in [0.1, 0.15) is 83.7 Å². The number of aromatic hydroxyl groups is 4. The second kappa shape index (κ2) is 11.5. The zero-order valence-corrected chi connectivity index (χ0v) is 22.0. The van der Waals surface area contributed by atoms with Gasteiger partial charge in [-0.3, -0.25) is 4.79 Å². The molecule has 5 rings (SSSR count). The fourth-order valence-electron chi connectivity index (χ4n) is 5.44. The Morgan fingerprint density at radius 1 is 0.628 bits per heavy atom. The normalized spacial score (nSPS) is 33.1. The Kier molecular flexibility index (Phi) is 8.27. The lowest BCUT2D eigenvalue weighted by Crippen LogP contribution is -2.55. The zero-order chi connectivity index (χ0) is 31.5. The predicted octanol–water partition coefficient (Wildman–Crippen LogP) is -2.69. The van der Waals surface area contributed by atoms with E-state index in [2.05, 4.69) is 0 Å². The monoisotopic (exact) mass is 610 g/mol. The highest BCUT2D eigenvalue weighted by Gasteiger charge is 2.50. The fraction of sp³-hybridized carbons (Fsp3) is 0.444. The molecule has 0 radical (unpaired) electrons. The highest BCUT2D eigenvalue weighted by molar-refractivity contribution is 5.92. The summed E-state index contributed by atoms with van der Waals surface area (Å²) in [7, 11) is 0. The lowest BCUT2D eigenvalue weighted by atomic mass is 9.85. The molecule has 0 spiro atoms. The molecule has 10 atom stereocenters. The topological polar surface area (TPSA) is 291 Å². The lowest BCUT2D eigenvalue weighted by Gasteiger charge is -2.42. The van der Waals surface area contributed by atoms with E-state index in [-0.39, 0.29) is 11.3 Å². The van der Waals surface area contributed by atoms with Crippen LogP contribution in [0.1, 0.15) is 23.3 Å². The van der Waals surface area contributed by atoms with Crippen molar-refractivity contribution in [3.8, 4) is 34.3 Å². The minimum absolute atomic E-state index is 0.0334. The molecule has 0 amide bonds. The molecular formula is C27H30O16. The van der Waals surface area contributed by atoms with E-state index in [4.69, 9.17) is 13.9 Å². The lowest BCUT2D eigenvalue weighted by molar-refractivity contribution is -0.234. The molecular weight excluding hydrogens is 580 g/mol. The van der Waals surface area contributed by atoms with Gasteiger partial charge < -0.3 is 75.2 Å². The summed E-state index contributed by atoms with van der Waals surface area (Å²) in [5.74, 6) is -3.43. The Balaban J connectivity index is 1.82. The maximum Gasteiger partial charge on any atom is 0.197 e. The molecule has 0 bridgehead atoms. The average molecular weight is 611 g/mol. The summed E-state index contributed by atoms with van der Waals surface area (Å²) in [6, 6.07) is 4.26. The maximum absolute atomic E-state index is 13.5. The molecule has 2 aliphatic heterocycles. The van der Waals surface area contributed by atoms with Crippen molar-refractivity contribution in [2.75, 3.05) is 13.2 Å². The first-order chi connectivity index (χ1) is 20.3. The Morgan fingerprint density at radius 3 is 1.67 bits per heavy atom. The molecule has 43 heavy (non-hydrogen) atoms. The van der Waals surface area contributed by atoms with Gasteiger partial charge in [-0.2, -0.15) is 0 Å². The van der Waals surface area contributed by atoms with Gasteiger partial charge in [0, 0.05) is 11.6 Å². The van der Waals surface area contributed by atoms with E-state index in [1.54, 1.807) is 0 Å². The van der Waals surface area contributed by atoms with Crippen LogP contribution >= 0.6 is 0 Å². The maximum atomic E-state index is 13.5. The van der Waals surface area contributed by atoms with Crippen molar-refractivity contribution in [1.82, 2.24) is 0 Å². The second-order valence-corrected chi connectivity index (χ2v) is 10.4. The van der Waals surface area contributed by atoms with Crippen LogP contribution in [0.5, 0.6) is 23.0 Å². The Labute approximate surface area is 240 Å². The van der Waals surface area contributed by atoms with Crippen LogP contribution in [0.25, 0.3) is 22.3 Å². The molecule has 16 heteroatoms. The van der Waals surface area contributed by atoms with Crippen LogP contribution in [-0.4, -0.2) is 123 Å². The SMILES string of the molecule is O=c1cc(-c2ccc(O)c(O)c2)oc2c([C@@H]3OC(CO)[C@@H](O)[C@H](O)C3O)c(O)c([C@@H]3OC(CO)[C@@H](O)[C@H](O)C3O)c(O)c12. The van der Waals surface area contributed by atoms with E-state index in [0.29, 0.717) is 0 Å². The van der Waals surface area contributed by atoms with Crippen LogP contribution in [0.2, 0.25) is 0 Å². The number of aliphatic hydroxyl groups excluding tert-OH is 8. The summed E-state index contributed by atoms with van der Waals surface area (Å²) in [4.78, 5) is 13.5. The summed E-state index contributed by atoms with van der Waals surface area (Å²) < 4.78 is 16.9. The van der Waals surface area contributed by atoms with Crippen LogP contribution in [0, 0.1) is 0 Å². The second-order valence-electron chi connectivity index (χ2n) is 10.4. The van der Waals surface area contributed by atoms with Crippen molar-refractivity contribution in [2.45, 2.75) is 61.0 Å². The predicted molar refractivity (Wildman–Crippen MR) is 140 cm³/mol. The van der Waals surface area contributed by atoms with Crippen LogP contribution in [0.3, 0.4) is 0 Å². The number of hydrogen-bond donors (Lipinski definition) is 12. The molecule has 1 aromatic heterocycles. The number of phenols is 4. The minimum atomic E-state index is -2.05. The third-order valence-electron chi connectivity index (χ3n) is 7.81. The third-order valence-corrected chi connectivity index (χ3v) is 7.81. The van der Waals surface area contributed by atoms with Gasteiger partial charge in [-0.05, 0) is 18.2 Å². The zero-order valence-electron chi connectivity index (χ0n) is 22.0. The molecule has 2 fully saturated rings. The largest absolute Gasteiger partial charge is 0.507 e. The standard InChI is InChI=1S/C27H30O16/c28-5-12-17(33)21(37)23(39)26(42-12)15-19(35)14-10(32)4-11(7-1-2-8(30)9(31)3-7)41-25(14)16(20(15)36)27-24(40)22(38)18(34)13(6-29)43-27/h1-4,12-13,17-18,21-24,26-31,33-40H,5-6H2/t12?,13?,17-,18-,21+,22+,23?,24?,26+,27+/m1/s1. The summed E-state index contributed by atoms with van der Waals surface area (Å²) >= 11 is 0. The average Bonchev–Trinajstić information content (AvgIpc) is 2.98. The quantitative estimate of drug-likeness (QED) is 0.131. The Bertz CT molecular complexity index is 1570. The summed E-state index contributed by atoms with van der Waals surface area (Å²) in [6.07, 6.45) is -18.5. The molecule has 0 aliphatic carbocycles. The van der Waals surface area contributed by atoms with Gasteiger partial charge in [-0.15, -0.1) is 0 Å². The Morgan fingerprint density at radius 2 is 1.16 bits per heavy atom. The third kappa shape index (κ3) is 4.96. The molecule has 2 aliphatic rings. The van der Waals surface area contributed by atoms with Crippen molar-refractivity contribution in [3.05, 3.63) is 45.6 Å². The highest BCUT2D eigenvalue weighted by Crippen LogP contribution is 2.51. The first-order valence-electron chi connectivity index (χ1n) is 13.0. The molecule has 4 unspecified atom stereocenters. The van der Waals surface area contributed by atoms with Crippen molar-refractivity contribution in [2.24, 2.45) is 0 Å². The molecule has 12 N–H and O–H groups in total. The number of aliphatic hydroxyl groups is 8. The number of hydrogen-bond acceptors (Lipinski definition) is 16. The van der Waals surface area contributed by atoms with Gasteiger partial charge in [-0.25, -0.2) is 0 Å². The molecule has 234 valence electrons. The molecule has 2 aromatic carbocycles. The summed E-state index contributed by atoms with van der Waals surface area (Å²) in [5, 5.41) is 124. The summed E-state index contributed by atoms with van der Waals surface area (Å²) in [6.45, 7) is -1.75. The fourth-order valence-corrected chi connectivity index (χ4v) is 5.44. The number of benzene rings is 2. The number of rotatable bonds is 5. The van der Waals surface area contributed by atoms with Crippen LogP contribution in [0.4, 0.5) is 0 Å². The van der Waals surface area contributed by atoms with Gasteiger partial charge in [0.15, 0.2) is 22.5 Å². The van der Waals surface area contributed by atoms with E-state index in [0.717, 1.165) is 18.2 Å². The van der Waals surface area contributed by atoms with Gasteiger partial charge in [0.2, 0.25) is 0 Å².